The molecule has 4 N–H and O–H groups in total. The van der Waals surface area contributed by atoms with Crippen molar-refractivity contribution in [2.75, 3.05) is 13.2 Å². The lowest BCUT2D eigenvalue weighted by atomic mass is 10.0. The van der Waals surface area contributed by atoms with Gasteiger partial charge in [0.05, 0.1) is 11.2 Å². The van der Waals surface area contributed by atoms with Crippen LogP contribution in [-0.4, -0.2) is 29.8 Å². The summed E-state index contributed by atoms with van der Waals surface area (Å²) in [7, 11) is 0. The lowest BCUT2D eigenvalue weighted by molar-refractivity contribution is 0.0206. The molecule has 1 fully saturated rings. The minimum Gasteiger partial charge on any atom is -0.409 e. The molecule has 0 aliphatic carbocycles. The molecule has 0 saturated carbocycles. The number of nitrogens with zero attached hydrogens (tertiary/aromatic N) is 1. The molecule has 1 atom stereocenters. The molecule has 5 nitrogen and oxygen atoms in total. The van der Waals surface area contributed by atoms with E-state index >= 15 is 0 Å². The van der Waals surface area contributed by atoms with Gasteiger partial charge in [0.15, 0.2) is 5.84 Å². The molecule has 1 saturated heterocycles. The monoisotopic (exact) mass is 281 g/mol. The van der Waals surface area contributed by atoms with Gasteiger partial charge in [-0.25, -0.2) is 4.39 Å². The number of hydrogen-bond donors (Lipinski definition) is 3. The van der Waals surface area contributed by atoms with Gasteiger partial charge in [-0.15, -0.1) is 0 Å². The highest BCUT2D eigenvalue weighted by Crippen LogP contribution is 2.24. The van der Waals surface area contributed by atoms with E-state index in [-0.39, 0.29) is 17.0 Å². The van der Waals surface area contributed by atoms with E-state index in [1.165, 1.54) is 6.07 Å². The number of nitrogens with one attached hydrogen (secondary N) is 1. The third kappa shape index (κ3) is 3.26. The van der Waals surface area contributed by atoms with E-state index in [9.17, 15) is 4.39 Å². The molecule has 2 rings (SSSR count). The lowest BCUT2D eigenvalue weighted by Crippen LogP contribution is -2.37. The van der Waals surface area contributed by atoms with Gasteiger partial charge in [-0.2, -0.15) is 0 Å². The van der Waals surface area contributed by atoms with Gasteiger partial charge in [-0.1, -0.05) is 17.3 Å². The van der Waals surface area contributed by atoms with E-state index in [1.54, 1.807) is 12.1 Å². The summed E-state index contributed by atoms with van der Waals surface area (Å²) < 4.78 is 19.8. The maximum atomic E-state index is 14.2. The van der Waals surface area contributed by atoms with Crippen LogP contribution in [0.25, 0.3) is 0 Å². The fourth-order valence-electron chi connectivity index (χ4n) is 2.41. The fourth-order valence-corrected chi connectivity index (χ4v) is 2.41. The standard InChI is InChI=1S/C14H20FN3O2/c1-14(6-3-7-20-14)9-17-8-10-4-2-5-11(12(10)15)13(16)18-19/h2,4-5,17,19H,3,6-9H2,1H3,(H2,16,18). The van der Waals surface area contributed by atoms with E-state index < -0.39 is 5.82 Å². The van der Waals surface area contributed by atoms with Crippen molar-refractivity contribution in [2.24, 2.45) is 10.9 Å². The molecule has 1 aliphatic rings. The molecule has 110 valence electrons. The van der Waals surface area contributed by atoms with Crippen LogP contribution in [-0.2, 0) is 11.3 Å². The summed E-state index contributed by atoms with van der Waals surface area (Å²) in [4.78, 5) is 0. The fraction of sp³-hybridized carbons (Fsp3) is 0.500. The molecule has 1 heterocycles. The first-order valence-electron chi connectivity index (χ1n) is 6.66. The Bertz CT molecular complexity index is 499. The van der Waals surface area contributed by atoms with Crippen molar-refractivity contribution in [3.63, 3.8) is 0 Å². The van der Waals surface area contributed by atoms with Gasteiger partial charge < -0.3 is 21.0 Å². The summed E-state index contributed by atoms with van der Waals surface area (Å²) in [5, 5.41) is 14.7. The number of rotatable bonds is 5. The first kappa shape index (κ1) is 14.7. The van der Waals surface area contributed by atoms with Crippen molar-refractivity contribution < 1.29 is 14.3 Å². The normalized spacial score (nSPS) is 23.2. The minimum absolute atomic E-state index is 0.107. The number of hydrogen-bond acceptors (Lipinski definition) is 4. The van der Waals surface area contributed by atoms with E-state index in [1.807, 2.05) is 0 Å². The Morgan fingerprint density at radius 1 is 1.60 bits per heavy atom. The zero-order chi connectivity index (χ0) is 14.6. The zero-order valence-electron chi connectivity index (χ0n) is 11.5. The van der Waals surface area contributed by atoms with Crippen LogP contribution in [0.15, 0.2) is 23.4 Å². The summed E-state index contributed by atoms with van der Waals surface area (Å²) in [5.41, 5.74) is 5.85. The Kier molecular flexibility index (Phi) is 4.57. The highest BCUT2D eigenvalue weighted by molar-refractivity contribution is 5.97. The predicted octanol–water partition coefficient (Wildman–Crippen LogP) is 1.58. The topological polar surface area (TPSA) is 79.9 Å². The molecule has 0 aromatic heterocycles. The van der Waals surface area contributed by atoms with Crippen molar-refractivity contribution in [2.45, 2.75) is 31.9 Å². The second kappa shape index (κ2) is 6.19. The van der Waals surface area contributed by atoms with E-state index in [4.69, 9.17) is 15.7 Å². The second-order valence-corrected chi connectivity index (χ2v) is 5.27. The number of halogens is 1. The summed E-state index contributed by atoms with van der Waals surface area (Å²) in [5.74, 6) is -0.691. The van der Waals surface area contributed by atoms with Crippen LogP contribution in [0.4, 0.5) is 4.39 Å². The number of nitrogens with two attached hydrogens (primary N) is 1. The van der Waals surface area contributed by atoms with Gasteiger partial charge in [-0.3, -0.25) is 0 Å². The highest BCUT2D eigenvalue weighted by atomic mass is 19.1. The molecular formula is C14H20FN3O2. The molecule has 6 heteroatoms. The quantitative estimate of drug-likeness (QED) is 0.331. The van der Waals surface area contributed by atoms with Crippen molar-refractivity contribution in [1.29, 1.82) is 0 Å². The molecule has 1 aliphatic heterocycles. The lowest BCUT2D eigenvalue weighted by Gasteiger charge is -2.23. The number of ether oxygens (including phenoxy) is 1. The number of benzene rings is 1. The van der Waals surface area contributed by atoms with Crippen molar-refractivity contribution in [1.82, 2.24) is 5.32 Å². The predicted molar refractivity (Wildman–Crippen MR) is 74.2 cm³/mol. The SMILES string of the molecule is CC1(CNCc2cccc(/C(N)=N/O)c2F)CCCO1. The summed E-state index contributed by atoms with van der Waals surface area (Å²) in [6.45, 7) is 3.87. The van der Waals surface area contributed by atoms with E-state index in [0.29, 0.717) is 18.7 Å². The maximum absolute atomic E-state index is 14.2. The van der Waals surface area contributed by atoms with Crippen LogP contribution < -0.4 is 11.1 Å². The molecule has 1 aromatic rings. The molecule has 0 bridgehead atoms. The Morgan fingerprint density at radius 2 is 2.40 bits per heavy atom. The Hall–Kier alpha value is -1.66. The van der Waals surface area contributed by atoms with Crippen LogP contribution in [0.2, 0.25) is 0 Å². The van der Waals surface area contributed by atoms with Gasteiger partial charge in [0.25, 0.3) is 0 Å². The first-order valence-corrected chi connectivity index (χ1v) is 6.66. The van der Waals surface area contributed by atoms with Crippen molar-refractivity contribution in [3.05, 3.63) is 35.1 Å². The second-order valence-electron chi connectivity index (χ2n) is 5.27. The van der Waals surface area contributed by atoms with Crippen LogP contribution in [0.1, 0.15) is 30.9 Å². The smallest absolute Gasteiger partial charge is 0.173 e. The Morgan fingerprint density at radius 3 is 3.05 bits per heavy atom. The maximum Gasteiger partial charge on any atom is 0.173 e. The average molecular weight is 281 g/mol. The molecule has 1 unspecified atom stereocenters. The average Bonchev–Trinajstić information content (AvgIpc) is 2.87. The minimum atomic E-state index is -0.465. The van der Waals surface area contributed by atoms with Gasteiger partial charge in [0.2, 0.25) is 0 Å². The molecule has 0 radical (unpaired) electrons. The summed E-state index contributed by atoms with van der Waals surface area (Å²) in [6, 6.07) is 4.84. The van der Waals surface area contributed by atoms with E-state index in [0.717, 1.165) is 19.4 Å². The molecule has 20 heavy (non-hydrogen) atoms. The zero-order valence-corrected chi connectivity index (χ0v) is 11.5. The van der Waals surface area contributed by atoms with E-state index in [2.05, 4.69) is 17.4 Å². The van der Waals surface area contributed by atoms with Gasteiger partial charge in [0, 0.05) is 25.3 Å². The van der Waals surface area contributed by atoms with Gasteiger partial charge in [0.1, 0.15) is 5.82 Å². The van der Waals surface area contributed by atoms with Gasteiger partial charge >= 0.3 is 0 Å². The molecular weight excluding hydrogens is 261 g/mol. The summed E-state index contributed by atoms with van der Waals surface area (Å²) >= 11 is 0. The number of amidine groups is 1. The third-order valence-electron chi connectivity index (χ3n) is 3.58. The van der Waals surface area contributed by atoms with Crippen molar-refractivity contribution in [3.8, 4) is 0 Å². The van der Waals surface area contributed by atoms with Crippen LogP contribution >= 0.6 is 0 Å². The largest absolute Gasteiger partial charge is 0.409 e. The molecule has 0 amide bonds. The van der Waals surface area contributed by atoms with Gasteiger partial charge in [-0.05, 0) is 25.8 Å². The highest BCUT2D eigenvalue weighted by Gasteiger charge is 2.29. The van der Waals surface area contributed by atoms with Crippen LogP contribution in [0.3, 0.4) is 0 Å². The Labute approximate surface area is 117 Å². The molecule has 0 spiro atoms. The third-order valence-corrected chi connectivity index (χ3v) is 3.58. The first-order chi connectivity index (χ1) is 9.56. The summed E-state index contributed by atoms with van der Waals surface area (Å²) in [6.07, 6.45) is 2.07. The molecule has 1 aromatic carbocycles. The number of oxime groups is 1. The van der Waals surface area contributed by atoms with Crippen molar-refractivity contribution >= 4 is 5.84 Å². The Balaban J connectivity index is 1.99. The van der Waals surface area contributed by atoms with Crippen LogP contribution in [0, 0.1) is 5.82 Å². The van der Waals surface area contributed by atoms with Crippen LogP contribution in [0.5, 0.6) is 0 Å².